The van der Waals surface area contributed by atoms with E-state index < -0.39 is 10.0 Å². The fourth-order valence-corrected chi connectivity index (χ4v) is 3.28. The van der Waals surface area contributed by atoms with Gasteiger partial charge < -0.3 is 0 Å². The minimum Gasteiger partial charge on any atom is -0.207 e. The van der Waals surface area contributed by atoms with Crippen molar-refractivity contribution in [2.45, 2.75) is 37.6 Å². The van der Waals surface area contributed by atoms with Crippen LogP contribution in [0, 0.1) is 0 Å². The Morgan fingerprint density at radius 1 is 0.955 bits per heavy atom. The Morgan fingerprint density at radius 2 is 1.50 bits per heavy atom. The first kappa shape index (κ1) is 17.2. The van der Waals surface area contributed by atoms with Crippen molar-refractivity contribution < 1.29 is 8.42 Å². The van der Waals surface area contributed by atoms with E-state index in [0.29, 0.717) is 0 Å². The van der Waals surface area contributed by atoms with Gasteiger partial charge in [-0.2, -0.15) is 0 Å². The van der Waals surface area contributed by atoms with Gasteiger partial charge in [-0.15, -0.1) is 0 Å². The summed E-state index contributed by atoms with van der Waals surface area (Å²) in [6, 6.07) is 14.6. The highest BCUT2D eigenvalue weighted by Gasteiger charge is 2.17. The van der Waals surface area contributed by atoms with E-state index in [2.05, 4.69) is 41.4 Å². The summed E-state index contributed by atoms with van der Waals surface area (Å²) in [5.41, 5.74) is 2.03. The molecule has 5 heteroatoms. The summed E-state index contributed by atoms with van der Waals surface area (Å²) in [5.74, 6) is 0. The standard InChI is InChI=1S/C17H20BrNO2S/c1-17(2,3)14-6-10-16(11-7-14)22(20,21)19-12-13-4-8-15(18)9-5-13/h4-11,19H,12H2,1-3H3. The molecule has 0 amide bonds. The van der Waals surface area contributed by atoms with E-state index >= 15 is 0 Å². The van der Waals surface area contributed by atoms with Gasteiger partial charge in [0.2, 0.25) is 10.0 Å². The van der Waals surface area contributed by atoms with Gasteiger partial charge >= 0.3 is 0 Å². The van der Waals surface area contributed by atoms with Crippen molar-refractivity contribution in [2.75, 3.05) is 0 Å². The normalized spacial score (nSPS) is 12.4. The van der Waals surface area contributed by atoms with Crippen molar-refractivity contribution in [3.8, 4) is 0 Å². The maximum atomic E-state index is 12.3. The summed E-state index contributed by atoms with van der Waals surface area (Å²) in [7, 11) is -3.49. The van der Waals surface area contributed by atoms with Crippen molar-refractivity contribution in [3.05, 3.63) is 64.1 Å². The molecule has 0 spiro atoms. The van der Waals surface area contributed by atoms with Crippen LogP contribution in [-0.2, 0) is 22.0 Å². The van der Waals surface area contributed by atoms with Crippen molar-refractivity contribution in [2.24, 2.45) is 0 Å². The molecule has 0 saturated carbocycles. The Labute approximate surface area is 140 Å². The lowest BCUT2D eigenvalue weighted by molar-refractivity contribution is 0.578. The topological polar surface area (TPSA) is 46.2 Å². The van der Waals surface area contributed by atoms with E-state index in [1.807, 2.05) is 36.4 Å². The van der Waals surface area contributed by atoms with Crippen LogP contribution in [0.3, 0.4) is 0 Å². The van der Waals surface area contributed by atoms with Gasteiger partial charge in [-0.05, 0) is 40.8 Å². The zero-order valence-corrected chi connectivity index (χ0v) is 15.3. The summed E-state index contributed by atoms with van der Waals surface area (Å²) in [5, 5.41) is 0. The number of hydrogen-bond acceptors (Lipinski definition) is 2. The minimum atomic E-state index is -3.49. The van der Waals surface area contributed by atoms with Crippen molar-refractivity contribution in [1.82, 2.24) is 4.72 Å². The Bertz CT molecular complexity index is 730. The molecule has 2 rings (SSSR count). The second-order valence-electron chi connectivity index (χ2n) is 6.23. The first-order valence-corrected chi connectivity index (χ1v) is 9.31. The van der Waals surface area contributed by atoms with Crippen LogP contribution >= 0.6 is 15.9 Å². The van der Waals surface area contributed by atoms with Crippen LogP contribution in [0.4, 0.5) is 0 Å². The Kier molecular flexibility index (Phi) is 5.10. The lowest BCUT2D eigenvalue weighted by Crippen LogP contribution is -2.23. The van der Waals surface area contributed by atoms with Gasteiger partial charge in [0.1, 0.15) is 0 Å². The maximum Gasteiger partial charge on any atom is 0.240 e. The van der Waals surface area contributed by atoms with Crippen LogP contribution < -0.4 is 4.72 Å². The Balaban J connectivity index is 2.11. The molecule has 0 heterocycles. The maximum absolute atomic E-state index is 12.3. The molecule has 0 bridgehead atoms. The SMILES string of the molecule is CC(C)(C)c1ccc(S(=O)(=O)NCc2ccc(Br)cc2)cc1. The molecule has 0 unspecified atom stereocenters. The number of sulfonamides is 1. The van der Waals surface area contributed by atoms with Gasteiger partial charge in [0.05, 0.1) is 4.90 Å². The number of rotatable bonds is 4. The number of hydrogen-bond donors (Lipinski definition) is 1. The lowest BCUT2D eigenvalue weighted by atomic mass is 9.87. The minimum absolute atomic E-state index is 0.00709. The number of halogens is 1. The average molecular weight is 382 g/mol. The van der Waals surface area contributed by atoms with E-state index in [0.717, 1.165) is 15.6 Å². The predicted molar refractivity (Wildman–Crippen MR) is 93.3 cm³/mol. The molecule has 0 saturated heterocycles. The predicted octanol–water partition coefficient (Wildman–Crippen LogP) is 4.23. The largest absolute Gasteiger partial charge is 0.240 e. The van der Waals surface area contributed by atoms with Crippen LogP contribution in [0.5, 0.6) is 0 Å². The molecule has 2 aromatic rings. The first-order chi connectivity index (χ1) is 10.2. The summed E-state index contributed by atoms with van der Waals surface area (Å²) < 4.78 is 28.2. The third kappa shape index (κ3) is 4.41. The van der Waals surface area contributed by atoms with Crippen LogP contribution in [0.1, 0.15) is 31.9 Å². The van der Waals surface area contributed by atoms with E-state index in [1.165, 1.54) is 0 Å². The summed E-state index contributed by atoms with van der Waals surface area (Å²) in [6.07, 6.45) is 0. The third-order valence-corrected chi connectivity index (χ3v) is 5.36. The van der Waals surface area contributed by atoms with Gasteiger partial charge in [0, 0.05) is 11.0 Å². The zero-order valence-electron chi connectivity index (χ0n) is 12.9. The Morgan fingerprint density at radius 3 is 2.00 bits per heavy atom. The van der Waals surface area contributed by atoms with Crippen LogP contribution in [0.25, 0.3) is 0 Å². The highest BCUT2D eigenvalue weighted by Crippen LogP contribution is 2.23. The monoisotopic (exact) mass is 381 g/mol. The van der Waals surface area contributed by atoms with Crippen molar-refractivity contribution in [1.29, 1.82) is 0 Å². The number of nitrogens with one attached hydrogen (secondary N) is 1. The van der Waals surface area contributed by atoms with Gasteiger partial charge in [-0.25, -0.2) is 13.1 Å². The fourth-order valence-electron chi connectivity index (χ4n) is 2.00. The average Bonchev–Trinajstić information content (AvgIpc) is 2.46. The van der Waals surface area contributed by atoms with Crippen molar-refractivity contribution in [3.63, 3.8) is 0 Å². The summed E-state index contributed by atoms with van der Waals surface area (Å²) in [6.45, 7) is 6.57. The first-order valence-electron chi connectivity index (χ1n) is 7.03. The molecule has 0 radical (unpaired) electrons. The second kappa shape index (κ2) is 6.52. The fraction of sp³-hybridized carbons (Fsp3) is 0.294. The van der Waals surface area contributed by atoms with E-state index in [-0.39, 0.29) is 16.9 Å². The molecule has 2 aromatic carbocycles. The second-order valence-corrected chi connectivity index (χ2v) is 8.91. The highest BCUT2D eigenvalue weighted by atomic mass is 79.9. The molecular formula is C17H20BrNO2S. The van der Waals surface area contributed by atoms with Crippen LogP contribution in [0.15, 0.2) is 57.9 Å². The highest BCUT2D eigenvalue weighted by molar-refractivity contribution is 9.10. The molecule has 0 fully saturated rings. The summed E-state index contributed by atoms with van der Waals surface area (Å²) >= 11 is 3.36. The molecule has 0 atom stereocenters. The molecule has 22 heavy (non-hydrogen) atoms. The van der Waals surface area contributed by atoms with Gasteiger partial charge in [-0.1, -0.05) is 61.0 Å². The molecular weight excluding hydrogens is 362 g/mol. The van der Waals surface area contributed by atoms with Gasteiger partial charge in [0.25, 0.3) is 0 Å². The molecule has 0 aliphatic carbocycles. The summed E-state index contributed by atoms with van der Waals surface area (Å²) in [4.78, 5) is 0.289. The Hall–Kier alpha value is -1.17. The molecule has 3 nitrogen and oxygen atoms in total. The molecule has 118 valence electrons. The lowest BCUT2D eigenvalue weighted by Gasteiger charge is -2.19. The zero-order chi connectivity index (χ0) is 16.4. The van der Waals surface area contributed by atoms with Crippen molar-refractivity contribution >= 4 is 26.0 Å². The third-order valence-electron chi connectivity index (χ3n) is 3.41. The van der Waals surface area contributed by atoms with E-state index in [1.54, 1.807) is 12.1 Å². The quantitative estimate of drug-likeness (QED) is 0.861. The van der Waals surface area contributed by atoms with Crippen LogP contribution in [-0.4, -0.2) is 8.42 Å². The molecule has 1 N–H and O–H groups in total. The van der Waals surface area contributed by atoms with Gasteiger partial charge in [-0.3, -0.25) is 0 Å². The molecule has 0 aromatic heterocycles. The van der Waals surface area contributed by atoms with Crippen LogP contribution in [0.2, 0.25) is 0 Å². The molecule has 0 aliphatic rings. The van der Waals surface area contributed by atoms with E-state index in [9.17, 15) is 8.42 Å². The number of benzene rings is 2. The molecule has 0 aliphatic heterocycles. The smallest absolute Gasteiger partial charge is 0.207 e. The van der Waals surface area contributed by atoms with E-state index in [4.69, 9.17) is 0 Å². The van der Waals surface area contributed by atoms with Gasteiger partial charge in [0.15, 0.2) is 0 Å².